The maximum atomic E-state index is 5.53. The first kappa shape index (κ1) is 17.9. The third kappa shape index (κ3) is 9.49. The van der Waals surface area contributed by atoms with E-state index in [1.54, 1.807) is 21.3 Å². The zero-order chi connectivity index (χ0) is 12.2. The van der Waals surface area contributed by atoms with Crippen LogP contribution in [-0.2, 0) is 17.7 Å². The molecule has 0 aromatic carbocycles. The van der Waals surface area contributed by atoms with Gasteiger partial charge in [0.1, 0.15) is 10.5 Å². The van der Waals surface area contributed by atoms with Gasteiger partial charge in [-0.1, -0.05) is 0 Å². The molecule has 94 valence electrons. The van der Waals surface area contributed by atoms with Crippen LogP contribution in [0.1, 0.15) is 13.3 Å². The number of alkyl halides is 1. The standard InChI is InChI=1S/C6H15ClO3Si.C2H8OSi/c1-8-11(9-2,10-3)6-4-5-7;1-2-3-4/h4-6H2,1-3H3;2H2,1,4H3. The highest BCUT2D eigenvalue weighted by molar-refractivity contribution is 6.60. The van der Waals surface area contributed by atoms with Gasteiger partial charge in [0.15, 0.2) is 0 Å². The normalized spacial score (nSPS) is 11.0. The molecule has 7 heteroatoms. The molecule has 0 aromatic heterocycles. The first-order valence-electron chi connectivity index (χ1n) is 4.86. The van der Waals surface area contributed by atoms with Crippen molar-refractivity contribution in [2.45, 2.75) is 19.4 Å². The van der Waals surface area contributed by atoms with Crippen LogP contribution in [-0.4, -0.2) is 53.1 Å². The van der Waals surface area contributed by atoms with E-state index in [4.69, 9.17) is 24.9 Å². The van der Waals surface area contributed by atoms with Gasteiger partial charge in [0, 0.05) is 39.9 Å². The summed E-state index contributed by atoms with van der Waals surface area (Å²) in [5.41, 5.74) is 0. The van der Waals surface area contributed by atoms with Gasteiger partial charge in [-0.05, 0) is 13.3 Å². The average Bonchev–Trinajstić information content (AvgIpc) is 2.32. The molecule has 0 aliphatic carbocycles. The van der Waals surface area contributed by atoms with E-state index >= 15 is 0 Å². The van der Waals surface area contributed by atoms with Crippen LogP contribution in [0.15, 0.2) is 0 Å². The molecule has 0 heterocycles. The minimum Gasteiger partial charge on any atom is -0.428 e. The van der Waals surface area contributed by atoms with Gasteiger partial charge in [0.2, 0.25) is 0 Å². The van der Waals surface area contributed by atoms with Gasteiger partial charge >= 0.3 is 8.80 Å². The van der Waals surface area contributed by atoms with Gasteiger partial charge in [-0.15, -0.1) is 11.6 Å². The Morgan fingerprint density at radius 3 is 1.73 bits per heavy atom. The summed E-state index contributed by atoms with van der Waals surface area (Å²) in [6, 6.07) is 0.778. The van der Waals surface area contributed by atoms with Gasteiger partial charge in [-0.3, -0.25) is 0 Å². The van der Waals surface area contributed by atoms with Crippen molar-refractivity contribution < 1.29 is 17.7 Å². The number of hydrogen-bond acceptors (Lipinski definition) is 4. The van der Waals surface area contributed by atoms with E-state index in [1.165, 1.54) is 0 Å². The lowest BCUT2D eigenvalue weighted by atomic mass is 10.6. The molecule has 0 unspecified atom stereocenters. The van der Waals surface area contributed by atoms with Crippen LogP contribution in [0.5, 0.6) is 0 Å². The quantitative estimate of drug-likeness (QED) is 0.508. The van der Waals surface area contributed by atoms with E-state index in [0.29, 0.717) is 5.88 Å². The van der Waals surface area contributed by atoms with Crippen LogP contribution in [0.4, 0.5) is 0 Å². The molecule has 0 N–H and O–H groups in total. The Morgan fingerprint density at radius 2 is 1.53 bits per heavy atom. The summed E-state index contributed by atoms with van der Waals surface area (Å²) in [4.78, 5) is 0. The van der Waals surface area contributed by atoms with Gasteiger partial charge in [-0.2, -0.15) is 0 Å². The molecule has 0 aromatic rings. The minimum atomic E-state index is -2.32. The van der Waals surface area contributed by atoms with E-state index in [-0.39, 0.29) is 0 Å². The third-order valence-electron chi connectivity index (χ3n) is 1.84. The summed E-state index contributed by atoms with van der Waals surface area (Å²) in [6.45, 7) is 2.87. The second kappa shape index (κ2) is 12.6. The highest BCUT2D eigenvalue weighted by Gasteiger charge is 2.36. The van der Waals surface area contributed by atoms with Crippen LogP contribution < -0.4 is 0 Å². The lowest BCUT2D eigenvalue weighted by Crippen LogP contribution is -2.42. The maximum absolute atomic E-state index is 5.53. The minimum absolute atomic E-state index is 0.616. The van der Waals surface area contributed by atoms with Gasteiger partial charge < -0.3 is 17.7 Å². The van der Waals surface area contributed by atoms with Gasteiger partial charge in [0.25, 0.3) is 0 Å². The Balaban J connectivity index is 0. The second-order valence-electron chi connectivity index (χ2n) is 2.67. The van der Waals surface area contributed by atoms with Crippen molar-refractivity contribution >= 4 is 30.9 Å². The van der Waals surface area contributed by atoms with Gasteiger partial charge in [-0.25, -0.2) is 0 Å². The van der Waals surface area contributed by atoms with Crippen molar-refractivity contribution in [2.24, 2.45) is 0 Å². The van der Waals surface area contributed by atoms with Crippen molar-refractivity contribution in [3.63, 3.8) is 0 Å². The molecule has 0 rings (SSSR count). The molecule has 0 spiro atoms. The molecule has 0 saturated carbocycles. The molecule has 0 saturated heterocycles. The largest absolute Gasteiger partial charge is 0.500 e. The second-order valence-corrected chi connectivity index (χ2v) is 6.71. The van der Waals surface area contributed by atoms with E-state index in [9.17, 15) is 0 Å². The maximum Gasteiger partial charge on any atom is 0.500 e. The molecule has 0 aliphatic rings. The average molecular weight is 275 g/mol. The summed E-state index contributed by atoms with van der Waals surface area (Å²) >= 11 is 5.53. The van der Waals surface area contributed by atoms with Crippen LogP contribution in [0, 0.1) is 0 Å². The zero-order valence-corrected chi connectivity index (χ0v) is 14.1. The Bertz CT molecular complexity index is 115. The van der Waals surface area contributed by atoms with Crippen LogP contribution in [0.3, 0.4) is 0 Å². The van der Waals surface area contributed by atoms with Crippen molar-refractivity contribution in [2.75, 3.05) is 33.8 Å². The summed E-state index contributed by atoms with van der Waals surface area (Å²) in [7, 11) is 3.38. The monoisotopic (exact) mass is 274 g/mol. The summed E-state index contributed by atoms with van der Waals surface area (Å²) in [5, 5.41) is 0. The first-order valence-corrected chi connectivity index (χ1v) is 8.14. The fourth-order valence-electron chi connectivity index (χ4n) is 0.840. The van der Waals surface area contributed by atoms with Crippen LogP contribution >= 0.6 is 11.6 Å². The molecular weight excluding hydrogens is 252 g/mol. The smallest absolute Gasteiger partial charge is 0.428 e. The van der Waals surface area contributed by atoms with Crippen molar-refractivity contribution in [3.8, 4) is 0 Å². The van der Waals surface area contributed by atoms with Crippen LogP contribution in [0.2, 0.25) is 6.04 Å². The Hall–Kier alpha value is 0.564. The SMILES string of the molecule is CCO[SiH3].CO[Si](CCCCl)(OC)OC. The van der Waals surface area contributed by atoms with E-state index in [2.05, 4.69) is 4.43 Å². The van der Waals surface area contributed by atoms with E-state index in [0.717, 1.165) is 29.6 Å². The Morgan fingerprint density at radius 1 is 1.13 bits per heavy atom. The van der Waals surface area contributed by atoms with Gasteiger partial charge in [0.05, 0.1) is 0 Å². The molecule has 0 atom stereocenters. The molecule has 0 amide bonds. The Kier molecular flexibility index (Phi) is 15.1. The molecular formula is C8H23ClO4Si2. The molecule has 0 bridgehead atoms. The highest BCUT2D eigenvalue weighted by Crippen LogP contribution is 2.14. The molecule has 0 aliphatic heterocycles. The fourth-order valence-corrected chi connectivity index (χ4v) is 2.92. The van der Waals surface area contributed by atoms with Crippen molar-refractivity contribution in [1.29, 1.82) is 0 Å². The summed E-state index contributed by atoms with van der Waals surface area (Å²) in [6.07, 6.45) is 0.864. The summed E-state index contributed by atoms with van der Waals surface area (Å²) < 4.78 is 20.2. The number of rotatable bonds is 7. The first-order chi connectivity index (χ1) is 7.16. The van der Waals surface area contributed by atoms with Crippen molar-refractivity contribution in [1.82, 2.24) is 0 Å². The molecule has 15 heavy (non-hydrogen) atoms. The topological polar surface area (TPSA) is 36.9 Å². The predicted molar refractivity (Wildman–Crippen MR) is 68.5 cm³/mol. The van der Waals surface area contributed by atoms with Crippen LogP contribution in [0.25, 0.3) is 0 Å². The third-order valence-corrected chi connectivity index (χ3v) is 5.51. The number of halogens is 1. The lowest BCUT2D eigenvalue weighted by Gasteiger charge is -2.23. The molecule has 0 radical (unpaired) electrons. The number of hydrogen-bond donors (Lipinski definition) is 0. The zero-order valence-electron chi connectivity index (χ0n) is 10.3. The fraction of sp³-hybridized carbons (Fsp3) is 1.00. The summed E-state index contributed by atoms with van der Waals surface area (Å²) in [5.74, 6) is 0.616. The van der Waals surface area contributed by atoms with Crippen molar-refractivity contribution in [3.05, 3.63) is 0 Å². The molecule has 4 nitrogen and oxygen atoms in total. The lowest BCUT2D eigenvalue weighted by molar-refractivity contribution is 0.123. The Labute approximate surface area is 102 Å². The van der Waals surface area contributed by atoms with E-state index < -0.39 is 8.80 Å². The molecule has 0 fully saturated rings. The van der Waals surface area contributed by atoms with E-state index in [1.807, 2.05) is 6.92 Å². The predicted octanol–water partition coefficient (Wildman–Crippen LogP) is 0.797. The highest BCUT2D eigenvalue weighted by atomic mass is 35.5.